The van der Waals surface area contributed by atoms with Crippen LogP contribution in [0.4, 0.5) is 0 Å². The lowest BCUT2D eigenvalue weighted by Gasteiger charge is -2.23. The van der Waals surface area contributed by atoms with Crippen molar-refractivity contribution in [3.63, 3.8) is 0 Å². The van der Waals surface area contributed by atoms with E-state index in [9.17, 15) is 14.4 Å². The van der Waals surface area contributed by atoms with Crippen molar-refractivity contribution in [1.29, 1.82) is 0 Å². The summed E-state index contributed by atoms with van der Waals surface area (Å²) in [5.74, 6) is -0.836. The Morgan fingerprint density at radius 3 is 2.57 bits per heavy atom. The Morgan fingerprint density at radius 2 is 1.83 bits per heavy atom. The van der Waals surface area contributed by atoms with Crippen LogP contribution >= 0.6 is 11.6 Å². The van der Waals surface area contributed by atoms with E-state index in [0.717, 1.165) is 30.6 Å². The van der Waals surface area contributed by atoms with Gasteiger partial charge in [0.05, 0.1) is 11.1 Å². The molecule has 2 aliphatic rings. The lowest BCUT2D eigenvalue weighted by molar-refractivity contribution is -0.122. The van der Waals surface area contributed by atoms with Gasteiger partial charge in [0.15, 0.2) is 0 Å². The number of fused-ring (bicyclic) bond motifs is 1. The lowest BCUT2D eigenvalue weighted by Crippen LogP contribution is -2.39. The first kappa shape index (κ1) is 16.0. The highest BCUT2D eigenvalue weighted by Gasteiger charge is 2.35. The van der Waals surface area contributed by atoms with Gasteiger partial charge in [-0.3, -0.25) is 19.3 Å². The molecule has 6 heteroatoms. The third-order valence-electron chi connectivity index (χ3n) is 4.47. The molecule has 0 saturated heterocycles. The quantitative estimate of drug-likeness (QED) is 0.861. The predicted molar refractivity (Wildman–Crippen MR) is 86.5 cm³/mol. The van der Waals surface area contributed by atoms with Crippen molar-refractivity contribution < 1.29 is 14.4 Å². The van der Waals surface area contributed by atoms with Crippen molar-refractivity contribution in [3.05, 3.63) is 34.3 Å². The molecule has 3 amide bonds. The van der Waals surface area contributed by atoms with Crippen LogP contribution in [0.2, 0.25) is 5.02 Å². The summed E-state index contributed by atoms with van der Waals surface area (Å²) >= 11 is 5.87. The van der Waals surface area contributed by atoms with Crippen molar-refractivity contribution >= 4 is 29.3 Å². The number of hydrogen-bond donors (Lipinski definition) is 1. The van der Waals surface area contributed by atoms with Crippen LogP contribution in [0.5, 0.6) is 0 Å². The molecule has 1 aromatic carbocycles. The Hall–Kier alpha value is -1.88. The standard InChI is InChI=1S/C17H19ClN2O3/c18-11-6-7-13-14(10-11)17(23)20(16(13)22)9-8-15(21)19-12-4-2-1-3-5-12/h6-7,10,12H,1-5,8-9H2,(H,19,21). The van der Waals surface area contributed by atoms with Crippen LogP contribution in [-0.2, 0) is 4.79 Å². The van der Waals surface area contributed by atoms with Gasteiger partial charge < -0.3 is 5.32 Å². The number of benzene rings is 1. The molecule has 1 saturated carbocycles. The second-order valence-corrected chi connectivity index (χ2v) is 6.54. The molecule has 1 heterocycles. The molecule has 23 heavy (non-hydrogen) atoms. The smallest absolute Gasteiger partial charge is 0.261 e. The van der Waals surface area contributed by atoms with Gasteiger partial charge in [-0.2, -0.15) is 0 Å². The average Bonchev–Trinajstić information content (AvgIpc) is 2.77. The maximum atomic E-state index is 12.3. The van der Waals surface area contributed by atoms with Crippen LogP contribution in [0, 0.1) is 0 Å². The number of carbonyl (C=O) groups is 3. The van der Waals surface area contributed by atoms with E-state index in [0.29, 0.717) is 16.1 Å². The maximum absolute atomic E-state index is 12.3. The second-order valence-electron chi connectivity index (χ2n) is 6.10. The number of imide groups is 1. The molecular weight excluding hydrogens is 316 g/mol. The molecule has 3 rings (SSSR count). The first-order valence-electron chi connectivity index (χ1n) is 8.01. The van der Waals surface area contributed by atoms with Gasteiger partial charge in [-0.05, 0) is 31.0 Å². The summed E-state index contributed by atoms with van der Waals surface area (Å²) in [6.45, 7) is 0.0997. The minimum atomic E-state index is -0.377. The number of nitrogens with zero attached hydrogens (tertiary/aromatic N) is 1. The monoisotopic (exact) mass is 334 g/mol. The van der Waals surface area contributed by atoms with E-state index < -0.39 is 0 Å². The SMILES string of the molecule is O=C(CCN1C(=O)c2ccc(Cl)cc2C1=O)NC1CCCCC1. The first-order valence-corrected chi connectivity index (χ1v) is 8.39. The van der Waals surface area contributed by atoms with Crippen LogP contribution in [0.25, 0.3) is 0 Å². The van der Waals surface area contributed by atoms with Gasteiger partial charge in [0.1, 0.15) is 0 Å². The van der Waals surface area contributed by atoms with Crippen molar-refractivity contribution in [2.75, 3.05) is 6.54 Å². The molecule has 5 nitrogen and oxygen atoms in total. The molecule has 1 aliphatic heterocycles. The summed E-state index contributed by atoms with van der Waals surface area (Å²) in [5, 5.41) is 3.41. The summed E-state index contributed by atoms with van der Waals surface area (Å²) in [6, 6.07) is 4.88. The molecule has 0 bridgehead atoms. The molecule has 0 atom stereocenters. The summed E-state index contributed by atoms with van der Waals surface area (Å²) in [6.07, 6.45) is 5.67. The number of rotatable bonds is 4. The molecule has 1 fully saturated rings. The van der Waals surface area contributed by atoms with Crippen LogP contribution in [0.15, 0.2) is 18.2 Å². The number of amides is 3. The molecule has 0 spiro atoms. The van der Waals surface area contributed by atoms with E-state index in [2.05, 4.69) is 5.32 Å². The molecule has 0 unspecified atom stereocenters. The highest BCUT2D eigenvalue weighted by molar-refractivity contribution is 6.32. The van der Waals surface area contributed by atoms with E-state index >= 15 is 0 Å². The molecular formula is C17H19ClN2O3. The highest BCUT2D eigenvalue weighted by Crippen LogP contribution is 2.26. The van der Waals surface area contributed by atoms with E-state index in [-0.39, 0.29) is 36.7 Å². The fourth-order valence-electron chi connectivity index (χ4n) is 3.23. The minimum Gasteiger partial charge on any atom is -0.353 e. The maximum Gasteiger partial charge on any atom is 0.261 e. The zero-order valence-corrected chi connectivity index (χ0v) is 13.6. The highest BCUT2D eigenvalue weighted by atomic mass is 35.5. The summed E-state index contributed by atoms with van der Waals surface area (Å²) in [5.41, 5.74) is 0.669. The zero-order valence-electron chi connectivity index (χ0n) is 12.8. The Morgan fingerprint density at radius 1 is 1.13 bits per heavy atom. The second kappa shape index (κ2) is 6.71. The fourth-order valence-corrected chi connectivity index (χ4v) is 3.40. The predicted octanol–water partition coefficient (Wildman–Crippen LogP) is 2.78. The topological polar surface area (TPSA) is 66.5 Å². The molecule has 1 aromatic rings. The van der Waals surface area contributed by atoms with Gasteiger partial charge in [0.25, 0.3) is 11.8 Å². The molecule has 1 aliphatic carbocycles. The van der Waals surface area contributed by atoms with Crippen molar-refractivity contribution in [2.24, 2.45) is 0 Å². The number of nitrogens with one attached hydrogen (secondary N) is 1. The van der Waals surface area contributed by atoms with Gasteiger partial charge in [-0.1, -0.05) is 30.9 Å². The van der Waals surface area contributed by atoms with Crippen LogP contribution in [0.1, 0.15) is 59.2 Å². The average molecular weight is 335 g/mol. The Bertz CT molecular complexity index is 653. The fraction of sp³-hybridized carbons (Fsp3) is 0.471. The molecule has 0 radical (unpaired) electrons. The van der Waals surface area contributed by atoms with Gasteiger partial charge in [0.2, 0.25) is 5.91 Å². The van der Waals surface area contributed by atoms with Crippen molar-refractivity contribution in [1.82, 2.24) is 10.2 Å². The minimum absolute atomic E-state index is 0.0997. The van der Waals surface area contributed by atoms with Crippen molar-refractivity contribution in [2.45, 2.75) is 44.6 Å². The van der Waals surface area contributed by atoms with E-state index in [1.54, 1.807) is 12.1 Å². The number of halogens is 1. The Labute approximate surface area is 140 Å². The van der Waals surface area contributed by atoms with E-state index in [4.69, 9.17) is 11.6 Å². The number of carbonyl (C=O) groups excluding carboxylic acids is 3. The van der Waals surface area contributed by atoms with Crippen LogP contribution < -0.4 is 5.32 Å². The lowest BCUT2D eigenvalue weighted by atomic mass is 9.95. The molecule has 0 aromatic heterocycles. The molecule has 122 valence electrons. The van der Waals surface area contributed by atoms with Gasteiger partial charge in [0, 0.05) is 24.0 Å². The zero-order chi connectivity index (χ0) is 16.4. The number of hydrogen-bond acceptors (Lipinski definition) is 3. The van der Waals surface area contributed by atoms with Crippen LogP contribution in [0.3, 0.4) is 0 Å². The van der Waals surface area contributed by atoms with Crippen LogP contribution in [-0.4, -0.2) is 35.2 Å². The first-order chi connectivity index (χ1) is 11.1. The van der Waals surface area contributed by atoms with Gasteiger partial charge >= 0.3 is 0 Å². The van der Waals surface area contributed by atoms with Gasteiger partial charge in [-0.25, -0.2) is 0 Å². The normalized spacial score (nSPS) is 18.2. The third-order valence-corrected chi connectivity index (χ3v) is 4.70. The van der Waals surface area contributed by atoms with E-state index in [1.807, 2.05) is 0 Å². The summed E-state index contributed by atoms with van der Waals surface area (Å²) in [4.78, 5) is 37.7. The van der Waals surface area contributed by atoms with E-state index in [1.165, 1.54) is 12.5 Å². The summed E-state index contributed by atoms with van der Waals surface area (Å²) in [7, 11) is 0. The van der Waals surface area contributed by atoms with Crippen molar-refractivity contribution in [3.8, 4) is 0 Å². The Kier molecular flexibility index (Phi) is 4.66. The third kappa shape index (κ3) is 3.39. The summed E-state index contributed by atoms with van der Waals surface area (Å²) < 4.78 is 0. The Balaban J connectivity index is 1.57. The molecule has 1 N–H and O–H groups in total. The largest absolute Gasteiger partial charge is 0.353 e. The van der Waals surface area contributed by atoms with Gasteiger partial charge in [-0.15, -0.1) is 0 Å².